The average molecular weight is 320 g/mol. The lowest BCUT2D eigenvalue weighted by molar-refractivity contribution is 0.601. The lowest BCUT2D eigenvalue weighted by Gasteiger charge is -2.16. The van der Waals surface area contributed by atoms with Crippen LogP contribution < -0.4 is 0 Å². The maximum atomic E-state index is 4.72. The number of imidazole rings is 1. The second-order valence-electron chi connectivity index (χ2n) is 6.31. The third-order valence-electron chi connectivity index (χ3n) is 4.28. The molecule has 0 bridgehead atoms. The molecule has 124 valence electrons. The van der Waals surface area contributed by atoms with Crippen molar-refractivity contribution in [2.45, 2.75) is 46.1 Å². The highest BCUT2D eigenvalue weighted by Crippen LogP contribution is 2.31. The van der Waals surface area contributed by atoms with Gasteiger partial charge >= 0.3 is 0 Å². The van der Waals surface area contributed by atoms with Gasteiger partial charge in [0, 0.05) is 17.5 Å². The molecule has 4 nitrogen and oxygen atoms in total. The number of aryl methyl sites for hydroxylation is 1. The fourth-order valence-corrected chi connectivity index (χ4v) is 3.10. The Kier molecular flexibility index (Phi) is 5.04. The van der Waals surface area contributed by atoms with Gasteiger partial charge in [0.15, 0.2) is 0 Å². The number of aromatic nitrogens is 4. The Morgan fingerprint density at radius 3 is 2.50 bits per heavy atom. The predicted octanol–water partition coefficient (Wildman–Crippen LogP) is 4.60. The highest BCUT2D eigenvalue weighted by atomic mass is 15.1. The number of rotatable bonds is 6. The van der Waals surface area contributed by atoms with E-state index < -0.39 is 0 Å². The van der Waals surface area contributed by atoms with Gasteiger partial charge in [-0.05, 0) is 19.3 Å². The summed E-state index contributed by atoms with van der Waals surface area (Å²) >= 11 is 0. The van der Waals surface area contributed by atoms with Crippen molar-refractivity contribution in [3.8, 4) is 11.3 Å². The first-order valence-electron chi connectivity index (χ1n) is 8.57. The van der Waals surface area contributed by atoms with Gasteiger partial charge in [0.05, 0.1) is 36.2 Å². The van der Waals surface area contributed by atoms with E-state index in [1.54, 1.807) is 0 Å². The Balaban J connectivity index is 1.99. The van der Waals surface area contributed by atoms with Gasteiger partial charge in [0.25, 0.3) is 0 Å². The fourth-order valence-electron chi connectivity index (χ4n) is 3.10. The molecule has 0 spiro atoms. The normalized spacial score (nSPS) is 12.3. The summed E-state index contributed by atoms with van der Waals surface area (Å²) in [5.41, 5.74) is 5.43. The quantitative estimate of drug-likeness (QED) is 0.666. The molecule has 2 aromatic heterocycles. The smallest absolute Gasteiger partial charge is 0.0959 e. The highest BCUT2D eigenvalue weighted by molar-refractivity contribution is 5.62. The number of hydrogen-bond donors (Lipinski definition) is 0. The third kappa shape index (κ3) is 3.53. The second kappa shape index (κ2) is 7.39. The van der Waals surface area contributed by atoms with E-state index in [1.807, 2.05) is 31.7 Å². The molecule has 0 saturated heterocycles. The zero-order valence-corrected chi connectivity index (χ0v) is 14.6. The van der Waals surface area contributed by atoms with E-state index in [0.29, 0.717) is 12.5 Å². The molecule has 4 heteroatoms. The molecule has 0 fully saturated rings. The lowest BCUT2D eigenvalue weighted by Crippen LogP contribution is -2.09. The molecular weight excluding hydrogens is 296 g/mol. The second-order valence-corrected chi connectivity index (χ2v) is 6.31. The summed E-state index contributed by atoms with van der Waals surface area (Å²) in [6.07, 6.45) is 7.91. The summed E-state index contributed by atoms with van der Waals surface area (Å²) in [4.78, 5) is 13.6. The van der Waals surface area contributed by atoms with Crippen LogP contribution in [-0.4, -0.2) is 19.5 Å². The molecule has 0 N–H and O–H groups in total. The molecule has 2 heterocycles. The van der Waals surface area contributed by atoms with Crippen molar-refractivity contribution >= 4 is 0 Å². The van der Waals surface area contributed by atoms with Crippen LogP contribution in [0.1, 0.15) is 49.7 Å². The zero-order chi connectivity index (χ0) is 16.9. The Morgan fingerprint density at radius 1 is 1.04 bits per heavy atom. The van der Waals surface area contributed by atoms with Gasteiger partial charge in [0.1, 0.15) is 0 Å². The number of nitrogens with zero attached hydrogens (tertiary/aromatic N) is 4. The van der Waals surface area contributed by atoms with Gasteiger partial charge in [-0.25, -0.2) is 4.98 Å². The van der Waals surface area contributed by atoms with Crippen LogP contribution in [0.4, 0.5) is 0 Å². The SMILES string of the molecule is CCC[C@H](C)c1c(-c2ccccc2)ncn1Cc1cnc(C)cn1. The highest BCUT2D eigenvalue weighted by Gasteiger charge is 2.18. The van der Waals surface area contributed by atoms with E-state index in [1.165, 1.54) is 11.3 Å². The van der Waals surface area contributed by atoms with Gasteiger partial charge in [-0.2, -0.15) is 0 Å². The van der Waals surface area contributed by atoms with E-state index in [-0.39, 0.29) is 0 Å². The summed E-state index contributed by atoms with van der Waals surface area (Å²) in [5.74, 6) is 0.450. The van der Waals surface area contributed by atoms with Crippen molar-refractivity contribution in [3.05, 3.63) is 66.1 Å². The third-order valence-corrected chi connectivity index (χ3v) is 4.28. The van der Waals surface area contributed by atoms with E-state index in [0.717, 1.165) is 29.9 Å². The molecular formula is C20H24N4. The molecule has 0 aliphatic carbocycles. The number of hydrogen-bond acceptors (Lipinski definition) is 3. The van der Waals surface area contributed by atoms with Crippen molar-refractivity contribution in [3.63, 3.8) is 0 Å². The average Bonchev–Trinajstić information content (AvgIpc) is 3.01. The minimum absolute atomic E-state index is 0.450. The van der Waals surface area contributed by atoms with Crippen LogP contribution in [0.15, 0.2) is 49.1 Å². The Labute approximate surface area is 143 Å². The molecule has 0 aliphatic heterocycles. The van der Waals surface area contributed by atoms with Gasteiger partial charge in [-0.15, -0.1) is 0 Å². The fraction of sp³-hybridized carbons (Fsp3) is 0.350. The minimum Gasteiger partial charge on any atom is -0.328 e. The monoisotopic (exact) mass is 320 g/mol. The topological polar surface area (TPSA) is 43.6 Å². The molecule has 0 aliphatic rings. The summed E-state index contributed by atoms with van der Waals surface area (Å²) in [6.45, 7) is 7.17. The van der Waals surface area contributed by atoms with Gasteiger partial charge in [-0.3, -0.25) is 9.97 Å². The Morgan fingerprint density at radius 2 is 1.83 bits per heavy atom. The maximum Gasteiger partial charge on any atom is 0.0959 e. The van der Waals surface area contributed by atoms with Crippen molar-refractivity contribution < 1.29 is 0 Å². The zero-order valence-electron chi connectivity index (χ0n) is 14.6. The lowest BCUT2D eigenvalue weighted by atomic mass is 9.97. The van der Waals surface area contributed by atoms with E-state index in [2.05, 4.69) is 52.6 Å². The van der Waals surface area contributed by atoms with Crippen molar-refractivity contribution in [1.29, 1.82) is 0 Å². The van der Waals surface area contributed by atoms with Crippen LogP contribution in [0.25, 0.3) is 11.3 Å². The predicted molar refractivity (Wildman–Crippen MR) is 96.9 cm³/mol. The van der Waals surface area contributed by atoms with E-state index in [4.69, 9.17) is 4.98 Å². The summed E-state index contributed by atoms with van der Waals surface area (Å²) in [6, 6.07) is 10.4. The summed E-state index contributed by atoms with van der Waals surface area (Å²) < 4.78 is 2.22. The van der Waals surface area contributed by atoms with E-state index in [9.17, 15) is 0 Å². The minimum atomic E-state index is 0.450. The first kappa shape index (κ1) is 16.4. The van der Waals surface area contributed by atoms with Gasteiger partial charge < -0.3 is 4.57 Å². The van der Waals surface area contributed by atoms with Crippen molar-refractivity contribution in [2.24, 2.45) is 0 Å². The summed E-state index contributed by atoms with van der Waals surface area (Å²) in [5, 5.41) is 0. The molecule has 0 saturated carbocycles. The Bertz CT molecular complexity index is 775. The molecule has 0 radical (unpaired) electrons. The van der Waals surface area contributed by atoms with Crippen LogP contribution in [0.2, 0.25) is 0 Å². The van der Waals surface area contributed by atoms with Gasteiger partial charge in [0.2, 0.25) is 0 Å². The standard InChI is InChI=1S/C20H24N4/c1-4-8-15(2)20-19(17-9-6-5-7-10-17)23-14-24(20)13-18-12-21-16(3)11-22-18/h5-7,9-12,14-15H,4,8,13H2,1-3H3/t15-/m0/s1. The molecule has 1 aromatic carbocycles. The van der Waals surface area contributed by atoms with E-state index >= 15 is 0 Å². The Hall–Kier alpha value is -2.49. The summed E-state index contributed by atoms with van der Waals surface area (Å²) in [7, 11) is 0. The molecule has 24 heavy (non-hydrogen) atoms. The first-order valence-corrected chi connectivity index (χ1v) is 8.57. The molecule has 1 atom stereocenters. The van der Waals surface area contributed by atoms with Crippen LogP contribution in [0.5, 0.6) is 0 Å². The first-order chi connectivity index (χ1) is 11.7. The van der Waals surface area contributed by atoms with Crippen LogP contribution >= 0.6 is 0 Å². The number of benzene rings is 1. The maximum absolute atomic E-state index is 4.72. The van der Waals surface area contributed by atoms with Crippen LogP contribution in [-0.2, 0) is 6.54 Å². The van der Waals surface area contributed by atoms with Crippen molar-refractivity contribution in [1.82, 2.24) is 19.5 Å². The molecule has 3 aromatic rings. The molecule has 3 rings (SSSR count). The van der Waals surface area contributed by atoms with Gasteiger partial charge in [-0.1, -0.05) is 50.6 Å². The van der Waals surface area contributed by atoms with Crippen LogP contribution in [0.3, 0.4) is 0 Å². The van der Waals surface area contributed by atoms with Crippen molar-refractivity contribution in [2.75, 3.05) is 0 Å². The molecule has 0 unspecified atom stereocenters. The largest absolute Gasteiger partial charge is 0.328 e. The van der Waals surface area contributed by atoms with Crippen LogP contribution in [0, 0.1) is 6.92 Å². The molecule has 0 amide bonds.